The van der Waals surface area contributed by atoms with Crippen LogP contribution in [0, 0.1) is 0 Å². The third-order valence-electron chi connectivity index (χ3n) is 4.42. The highest BCUT2D eigenvalue weighted by Gasteiger charge is 2.11. The van der Waals surface area contributed by atoms with Crippen LogP contribution in [0.5, 0.6) is 11.5 Å². The Morgan fingerprint density at radius 1 is 1.18 bits per heavy atom. The van der Waals surface area contributed by atoms with Crippen LogP contribution in [0.2, 0.25) is 0 Å². The second-order valence-corrected chi connectivity index (χ2v) is 6.49. The van der Waals surface area contributed by atoms with E-state index >= 15 is 0 Å². The van der Waals surface area contributed by atoms with Crippen LogP contribution in [0.25, 0.3) is 0 Å². The molecular formula is C21H25F2N3O2. The molecule has 2 aromatic carbocycles. The second-order valence-electron chi connectivity index (χ2n) is 6.49. The topological polar surface area (TPSA) is 54.9 Å². The zero-order chi connectivity index (χ0) is 19.8. The Labute approximate surface area is 163 Å². The number of hydrogen-bond acceptors (Lipinski definition) is 3. The van der Waals surface area contributed by atoms with E-state index in [9.17, 15) is 8.78 Å². The van der Waals surface area contributed by atoms with Crippen molar-refractivity contribution in [2.45, 2.75) is 25.8 Å². The van der Waals surface area contributed by atoms with Crippen molar-refractivity contribution in [2.24, 2.45) is 4.99 Å². The van der Waals surface area contributed by atoms with Crippen molar-refractivity contribution in [1.29, 1.82) is 0 Å². The summed E-state index contributed by atoms with van der Waals surface area (Å²) in [6.45, 7) is 1.43. The summed E-state index contributed by atoms with van der Waals surface area (Å²) in [5.41, 5.74) is 3.46. The molecule has 0 fully saturated rings. The Hall–Kier alpha value is -2.83. The van der Waals surface area contributed by atoms with Crippen molar-refractivity contribution in [3.63, 3.8) is 0 Å². The van der Waals surface area contributed by atoms with Gasteiger partial charge in [-0.1, -0.05) is 24.3 Å². The van der Waals surface area contributed by atoms with E-state index in [1.807, 2.05) is 12.1 Å². The Bertz CT molecular complexity index is 812. The monoisotopic (exact) mass is 389 g/mol. The standard InChI is InChI=1S/C21H25F2N3O2/c1-24-21(25-9-7-15-5-6-19-17(11-15)8-10-27-19)26-13-16-3-2-4-18(12-16)28-14-20(22)23/h2-6,11-12,20H,7-10,13-14H2,1H3,(H2,24,25,26). The molecule has 5 nitrogen and oxygen atoms in total. The maximum absolute atomic E-state index is 12.3. The SMILES string of the molecule is CN=C(NCCc1ccc2c(c1)CCO2)NCc1cccc(OCC(F)F)c1. The minimum Gasteiger partial charge on any atom is -0.493 e. The fraction of sp³-hybridized carbons (Fsp3) is 0.381. The largest absolute Gasteiger partial charge is 0.493 e. The lowest BCUT2D eigenvalue weighted by atomic mass is 10.1. The van der Waals surface area contributed by atoms with Gasteiger partial charge in [-0.05, 0) is 41.3 Å². The van der Waals surface area contributed by atoms with E-state index in [0.717, 1.165) is 37.3 Å². The van der Waals surface area contributed by atoms with Crippen LogP contribution in [0.15, 0.2) is 47.5 Å². The first-order valence-corrected chi connectivity index (χ1v) is 9.33. The first kappa shape index (κ1) is 19.9. The van der Waals surface area contributed by atoms with E-state index in [-0.39, 0.29) is 0 Å². The Morgan fingerprint density at radius 3 is 2.89 bits per heavy atom. The molecule has 3 rings (SSSR count). The molecule has 150 valence electrons. The lowest BCUT2D eigenvalue weighted by molar-refractivity contribution is 0.0818. The summed E-state index contributed by atoms with van der Waals surface area (Å²) in [5, 5.41) is 6.51. The van der Waals surface area contributed by atoms with Gasteiger partial charge in [0.1, 0.15) is 18.1 Å². The van der Waals surface area contributed by atoms with Gasteiger partial charge in [-0.2, -0.15) is 0 Å². The van der Waals surface area contributed by atoms with Crippen LogP contribution in [-0.4, -0.2) is 39.2 Å². The summed E-state index contributed by atoms with van der Waals surface area (Å²) < 4.78 is 35.1. The molecule has 1 heterocycles. The van der Waals surface area contributed by atoms with E-state index in [0.29, 0.717) is 18.3 Å². The average Bonchev–Trinajstić information content (AvgIpc) is 3.17. The molecule has 2 aromatic rings. The van der Waals surface area contributed by atoms with Gasteiger partial charge in [0.25, 0.3) is 6.43 Å². The first-order chi connectivity index (χ1) is 13.6. The van der Waals surface area contributed by atoms with Gasteiger partial charge in [-0.25, -0.2) is 8.78 Å². The van der Waals surface area contributed by atoms with Crippen LogP contribution >= 0.6 is 0 Å². The summed E-state index contributed by atoms with van der Waals surface area (Å²) in [5.74, 6) is 2.11. The van der Waals surface area contributed by atoms with E-state index in [4.69, 9.17) is 9.47 Å². The Morgan fingerprint density at radius 2 is 2.07 bits per heavy atom. The van der Waals surface area contributed by atoms with E-state index in [2.05, 4.69) is 27.8 Å². The number of aliphatic imine (C=N–C) groups is 1. The molecular weight excluding hydrogens is 364 g/mol. The highest BCUT2D eigenvalue weighted by atomic mass is 19.3. The van der Waals surface area contributed by atoms with E-state index < -0.39 is 13.0 Å². The van der Waals surface area contributed by atoms with Gasteiger partial charge in [-0.15, -0.1) is 0 Å². The number of alkyl halides is 2. The second kappa shape index (κ2) is 9.92. The molecule has 0 aromatic heterocycles. The molecule has 0 spiro atoms. The smallest absolute Gasteiger partial charge is 0.272 e. The van der Waals surface area contributed by atoms with Gasteiger partial charge >= 0.3 is 0 Å². The number of guanidine groups is 1. The quantitative estimate of drug-likeness (QED) is 0.538. The normalized spacial score (nSPS) is 13.2. The van der Waals surface area contributed by atoms with Crippen molar-refractivity contribution in [2.75, 3.05) is 26.8 Å². The Balaban J connectivity index is 1.44. The van der Waals surface area contributed by atoms with Crippen LogP contribution < -0.4 is 20.1 Å². The van der Waals surface area contributed by atoms with Crippen molar-refractivity contribution in [3.8, 4) is 11.5 Å². The molecule has 0 atom stereocenters. The summed E-state index contributed by atoms with van der Waals surface area (Å²) in [4.78, 5) is 4.22. The molecule has 2 N–H and O–H groups in total. The molecule has 0 aliphatic carbocycles. The van der Waals surface area contributed by atoms with Crippen LogP contribution in [-0.2, 0) is 19.4 Å². The Kier molecular flexibility index (Phi) is 7.06. The van der Waals surface area contributed by atoms with Gasteiger partial charge < -0.3 is 20.1 Å². The van der Waals surface area contributed by atoms with Gasteiger partial charge in [0, 0.05) is 26.6 Å². The molecule has 0 saturated carbocycles. The molecule has 0 bridgehead atoms. The van der Waals surface area contributed by atoms with E-state index in [1.54, 1.807) is 25.2 Å². The highest BCUT2D eigenvalue weighted by molar-refractivity contribution is 5.79. The maximum Gasteiger partial charge on any atom is 0.272 e. The van der Waals surface area contributed by atoms with Crippen molar-refractivity contribution >= 4 is 5.96 Å². The van der Waals surface area contributed by atoms with Crippen LogP contribution in [0.3, 0.4) is 0 Å². The minimum absolute atomic E-state index is 0.433. The number of benzene rings is 2. The summed E-state index contributed by atoms with van der Waals surface area (Å²) in [6.07, 6.45) is -0.631. The lowest BCUT2D eigenvalue weighted by Gasteiger charge is -2.13. The number of nitrogens with one attached hydrogen (secondary N) is 2. The van der Waals surface area contributed by atoms with Gasteiger partial charge in [-0.3, -0.25) is 4.99 Å². The van der Waals surface area contributed by atoms with Crippen LogP contribution in [0.1, 0.15) is 16.7 Å². The minimum atomic E-state index is -2.48. The molecule has 0 amide bonds. The van der Waals surface area contributed by atoms with Gasteiger partial charge in [0.15, 0.2) is 5.96 Å². The predicted molar refractivity (Wildman–Crippen MR) is 105 cm³/mol. The molecule has 0 saturated heterocycles. The molecule has 0 unspecified atom stereocenters. The fourth-order valence-corrected chi connectivity index (χ4v) is 3.03. The number of ether oxygens (including phenoxy) is 2. The van der Waals surface area contributed by atoms with Gasteiger partial charge in [0.2, 0.25) is 0 Å². The fourth-order valence-electron chi connectivity index (χ4n) is 3.03. The summed E-state index contributed by atoms with van der Waals surface area (Å²) in [6, 6.07) is 13.4. The zero-order valence-corrected chi connectivity index (χ0v) is 15.9. The maximum atomic E-state index is 12.3. The third-order valence-corrected chi connectivity index (χ3v) is 4.42. The molecule has 0 radical (unpaired) electrons. The zero-order valence-electron chi connectivity index (χ0n) is 15.9. The summed E-state index contributed by atoms with van der Waals surface area (Å²) in [7, 11) is 1.71. The van der Waals surface area contributed by atoms with Crippen molar-refractivity contribution in [1.82, 2.24) is 10.6 Å². The highest BCUT2D eigenvalue weighted by Crippen LogP contribution is 2.25. The first-order valence-electron chi connectivity index (χ1n) is 9.33. The van der Waals surface area contributed by atoms with Crippen molar-refractivity contribution < 1.29 is 18.3 Å². The number of nitrogens with zero attached hydrogens (tertiary/aromatic N) is 1. The number of rotatable bonds is 8. The lowest BCUT2D eigenvalue weighted by Crippen LogP contribution is -2.37. The predicted octanol–water partition coefficient (Wildman–Crippen LogP) is 3.17. The molecule has 7 heteroatoms. The average molecular weight is 389 g/mol. The molecule has 1 aliphatic rings. The van der Waals surface area contributed by atoms with Gasteiger partial charge in [0.05, 0.1) is 6.61 Å². The third kappa shape index (κ3) is 5.84. The molecule has 1 aliphatic heterocycles. The van der Waals surface area contributed by atoms with Crippen molar-refractivity contribution in [3.05, 3.63) is 59.2 Å². The van der Waals surface area contributed by atoms with Crippen LogP contribution in [0.4, 0.5) is 8.78 Å². The van der Waals surface area contributed by atoms with E-state index in [1.165, 1.54) is 11.1 Å². The number of halogens is 2. The number of hydrogen-bond donors (Lipinski definition) is 2. The molecule has 28 heavy (non-hydrogen) atoms. The number of fused-ring (bicyclic) bond motifs is 1. The summed E-state index contributed by atoms with van der Waals surface area (Å²) >= 11 is 0.